The fraction of sp³-hybridized carbons (Fsp3) is 0.0741. The molecule has 166 valence electrons. The largest absolute Gasteiger partial charge is 0.508 e. The van der Waals surface area contributed by atoms with Crippen LogP contribution in [0.1, 0.15) is 11.1 Å². The van der Waals surface area contributed by atoms with Crippen LogP contribution in [-0.2, 0) is 16.8 Å². The summed E-state index contributed by atoms with van der Waals surface area (Å²) < 4.78 is 0. The number of carboxylic acids is 1. The van der Waals surface area contributed by atoms with Crippen molar-refractivity contribution in [2.45, 2.75) is 12.0 Å². The van der Waals surface area contributed by atoms with Gasteiger partial charge in [-0.2, -0.15) is 0 Å². The Kier molecular flexibility index (Phi) is 5.91. The lowest BCUT2D eigenvalue weighted by Crippen LogP contribution is -2.52. The quantitative estimate of drug-likeness (QED) is 0.316. The lowest BCUT2D eigenvalue weighted by molar-refractivity contribution is -0.143. The molecule has 0 spiro atoms. The van der Waals surface area contributed by atoms with Crippen LogP contribution < -0.4 is 4.90 Å². The van der Waals surface area contributed by atoms with Crippen molar-refractivity contribution in [2.24, 2.45) is 0 Å². The molecule has 0 amide bonds. The molecule has 0 aliphatic rings. The van der Waals surface area contributed by atoms with Crippen molar-refractivity contribution in [3.8, 4) is 17.2 Å². The Labute approximate surface area is 191 Å². The third-order valence-electron chi connectivity index (χ3n) is 5.60. The number of carboxylic acid groups (broad SMARTS) is 1. The van der Waals surface area contributed by atoms with Gasteiger partial charge in [0.15, 0.2) is 5.54 Å². The first-order valence-electron chi connectivity index (χ1n) is 10.4. The van der Waals surface area contributed by atoms with E-state index in [2.05, 4.69) is 0 Å². The normalized spacial score (nSPS) is 12.6. The molecule has 0 unspecified atom stereocenters. The summed E-state index contributed by atoms with van der Waals surface area (Å²) in [6, 6.07) is 28.0. The second kappa shape index (κ2) is 8.96. The molecule has 0 saturated carbocycles. The molecule has 0 aromatic heterocycles. The zero-order valence-corrected chi connectivity index (χ0v) is 17.7. The Morgan fingerprint density at radius 1 is 0.636 bits per heavy atom. The van der Waals surface area contributed by atoms with Crippen LogP contribution >= 0.6 is 0 Å². The molecule has 4 aromatic carbocycles. The summed E-state index contributed by atoms with van der Waals surface area (Å²) in [5.41, 5.74) is 0.700. The highest BCUT2D eigenvalue weighted by atomic mass is 16.4. The fourth-order valence-electron chi connectivity index (χ4n) is 4.03. The molecular formula is C27H23NO5. The Morgan fingerprint density at radius 3 is 1.48 bits per heavy atom. The second-order valence-electron chi connectivity index (χ2n) is 7.74. The topological polar surface area (TPSA) is 101 Å². The van der Waals surface area contributed by atoms with Gasteiger partial charge in [0, 0.05) is 17.8 Å². The number of phenols is 3. The SMILES string of the molecule is O=C(O)[C@@](Cc1ccccc1)(c1ccc(O)cc1)N(c1ccc(O)cc1)c1ccc(O)cc1. The predicted octanol–water partition coefficient (Wildman–Crippen LogP) is 5.16. The zero-order valence-electron chi connectivity index (χ0n) is 17.7. The number of rotatable bonds is 7. The summed E-state index contributed by atoms with van der Waals surface area (Å²) in [5, 5.41) is 40.4. The van der Waals surface area contributed by atoms with Crippen LogP contribution in [0.15, 0.2) is 103 Å². The maximum absolute atomic E-state index is 13.2. The van der Waals surface area contributed by atoms with Gasteiger partial charge < -0.3 is 25.3 Å². The molecule has 0 bridgehead atoms. The highest BCUT2D eigenvalue weighted by Gasteiger charge is 2.47. The van der Waals surface area contributed by atoms with Crippen molar-refractivity contribution >= 4 is 17.3 Å². The molecule has 0 aliphatic heterocycles. The Bertz CT molecular complexity index is 1180. The van der Waals surface area contributed by atoms with E-state index in [1.54, 1.807) is 41.3 Å². The number of hydrogen-bond acceptors (Lipinski definition) is 5. The molecule has 0 fully saturated rings. The average molecular weight is 441 g/mol. The van der Waals surface area contributed by atoms with Gasteiger partial charge in [0.1, 0.15) is 17.2 Å². The molecule has 33 heavy (non-hydrogen) atoms. The van der Waals surface area contributed by atoms with Crippen molar-refractivity contribution in [1.82, 2.24) is 0 Å². The number of aromatic hydroxyl groups is 3. The summed E-state index contributed by atoms with van der Waals surface area (Å²) in [6.07, 6.45) is 0.107. The van der Waals surface area contributed by atoms with Crippen molar-refractivity contribution in [3.05, 3.63) is 114 Å². The number of aliphatic carboxylic acids is 1. The lowest BCUT2D eigenvalue weighted by atomic mass is 9.81. The number of hydrogen-bond donors (Lipinski definition) is 4. The third-order valence-corrected chi connectivity index (χ3v) is 5.60. The molecule has 4 N–H and O–H groups in total. The van der Waals surface area contributed by atoms with E-state index in [0.717, 1.165) is 5.56 Å². The van der Waals surface area contributed by atoms with Crippen LogP contribution in [0.3, 0.4) is 0 Å². The number of nitrogens with zero attached hydrogens (tertiary/aromatic N) is 1. The van der Waals surface area contributed by atoms with Gasteiger partial charge in [-0.25, -0.2) is 4.79 Å². The Hall–Kier alpha value is -4.45. The van der Waals surface area contributed by atoms with Gasteiger partial charge in [0.25, 0.3) is 0 Å². The second-order valence-corrected chi connectivity index (χ2v) is 7.74. The summed E-state index contributed by atoms with van der Waals surface area (Å²) >= 11 is 0. The molecule has 0 radical (unpaired) electrons. The summed E-state index contributed by atoms with van der Waals surface area (Å²) in [6.45, 7) is 0. The van der Waals surface area contributed by atoms with Gasteiger partial charge in [0.05, 0.1) is 0 Å². The van der Waals surface area contributed by atoms with Crippen LogP contribution in [0.2, 0.25) is 0 Å². The maximum Gasteiger partial charge on any atom is 0.334 e. The maximum atomic E-state index is 13.2. The van der Waals surface area contributed by atoms with Gasteiger partial charge >= 0.3 is 5.97 Å². The standard InChI is InChI=1S/C27H23NO5/c29-23-12-6-20(7-13-23)27(26(32)33,18-19-4-2-1-3-5-19)28(21-8-14-24(30)15-9-21)22-10-16-25(31)17-11-22/h1-17,29-31H,18H2,(H,32,33)/t27-/m1/s1. The predicted molar refractivity (Wildman–Crippen MR) is 126 cm³/mol. The zero-order chi connectivity index (χ0) is 23.4. The Balaban J connectivity index is 2.03. The Morgan fingerprint density at radius 2 is 1.06 bits per heavy atom. The summed E-state index contributed by atoms with van der Waals surface area (Å²) in [5.74, 6) is -0.965. The van der Waals surface area contributed by atoms with Crippen molar-refractivity contribution in [2.75, 3.05) is 4.90 Å². The van der Waals surface area contributed by atoms with Crippen LogP contribution in [0, 0.1) is 0 Å². The fourth-order valence-corrected chi connectivity index (χ4v) is 4.03. The van der Waals surface area contributed by atoms with E-state index in [0.29, 0.717) is 16.9 Å². The van der Waals surface area contributed by atoms with E-state index in [9.17, 15) is 25.2 Å². The molecular weight excluding hydrogens is 418 g/mol. The highest BCUT2D eigenvalue weighted by molar-refractivity contribution is 5.90. The van der Waals surface area contributed by atoms with Crippen molar-refractivity contribution < 1.29 is 25.2 Å². The molecule has 6 nitrogen and oxygen atoms in total. The van der Waals surface area contributed by atoms with Crippen LogP contribution in [0.4, 0.5) is 11.4 Å². The van der Waals surface area contributed by atoms with Gasteiger partial charge in [-0.05, 0) is 71.8 Å². The molecule has 0 aliphatic carbocycles. The van der Waals surface area contributed by atoms with E-state index in [1.165, 1.54) is 36.4 Å². The molecule has 0 saturated heterocycles. The van der Waals surface area contributed by atoms with Crippen molar-refractivity contribution in [3.63, 3.8) is 0 Å². The smallest absolute Gasteiger partial charge is 0.334 e. The van der Waals surface area contributed by atoms with Crippen LogP contribution in [0.5, 0.6) is 17.2 Å². The molecule has 4 aromatic rings. The molecule has 6 heteroatoms. The number of phenolic OH excluding ortho intramolecular Hbond substituents is 3. The number of anilines is 2. The van der Waals surface area contributed by atoms with Crippen molar-refractivity contribution in [1.29, 1.82) is 0 Å². The van der Waals surface area contributed by atoms with E-state index >= 15 is 0 Å². The summed E-state index contributed by atoms with van der Waals surface area (Å²) in [7, 11) is 0. The first-order chi connectivity index (χ1) is 15.9. The molecule has 4 rings (SSSR count). The minimum absolute atomic E-state index is 0.0265. The van der Waals surface area contributed by atoms with Gasteiger partial charge in [-0.15, -0.1) is 0 Å². The first-order valence-corrected chi connectivity index (χ1v) is 10.4. The molecule has 1 atom stereocenters. The molecule has 0 heterocycles. The van der Waals surface area contributed by atoms with E-state index in [1.807, 2.05) is 30.3 Å². The first kappa shape index (κ1) is 21.8. The number of carbonyl (C=O) groups is 1. The van der Waals surface area contributed by atoms with Gasteiger partial charge in [0.2, 0.25) is 0 Å². The monoisotopic (exact) mass is 441 g/mol. The third kappa shape index (κ3) is 4.32. The van der Waals surface area contributed by atoms with E-state index in [4.69, 9.17) is 0 Å². The average Bonchev–Trinajstić information content (AvgIpc) is 2.82. The lowest BCUT2D eigenvalue weighted by Gasteiger charge is -2.43. The summed E-state index contributed by atoms with van der Waals surface area (Å²) in [4.78, 5) is 14.9. The van der Waals surface area contributed by atoms with Crippen LogP contribution in [0.25, 0.3) is 0 Å². The number of benzene rings is 4. The van der Waals surface area contributed by atoms with E-state index < -0.39 is 11.5 Å². The minimum Gasteiger partial charge on any atom is -0.508 e. The van der Waals surface area contributed by atoms with Crippen LogP contribution in [-0.4, -0.2) is 26.4 Å². The van der Waals surface area contributed by atoms with Gasteiger partial charge in [-0.1, -0.05) is 42.5 Å². The highest BCUT2D eigenvalue weighted by Crippen LogP contribution is 2.43. The minimum atomic E-state index is -1.62. The van der Waals surface area contributed by atoms with E-state index in [-0.39, 0.29) is 23.7 Å². The van der Waals surface area contributed by atoms with Gasteiger partial charge in [-0.3, -0.25) is 0 Å².